The molecule has 0 radical (unpaired) electrons. The Morgan fingerprint density at radius 3 is 2.43 bits per heavy atom. The largest absolute Gasteiger partial charge is 0.478 e. The van der Waals surface area contributed by atoms with Crippen molar-refractivity contribution in [3.8, 4) is 17.4 Å². The molecular weight excluding hydrogens is 266 g/mol. The van der Waals surface area contributed by atoms with Gasteiger partial charge >= 0.3 is 5.95 Å². The first-order chi connectivity index (χ1) is 10.2. The number of aromatic nitrogens is 1. The first-order valence-corrected chi connectivity index (χ1v) is 6.46. The van der Waals surface area contributed by atoms with Crippen LogP contribution in [-0.2, 0) is 0 Å². The molecule has 1 aromatic heterocycles. The zero-order valence-electron chi connectivity index (χ0n) is 11.4. The van der Waals surface area contributed by atoms with E-state index >= 15 is 0 Å². The first-order valence-electron chi connectivity index (χ1n) is 6.46. The molecule has 0 unspecified atom stereocenters. The zero-order chi connectivity index (χ0) is 14.7. The van der Waals surface area contributed by atoms with Gasteiger partial charge in [0.1, 0.15) is 0 Å². The highest BCUT2D eigenvalue weighted by atomic mass is 16.5. The molecule has 5 nitrogen and oxygen atoms in total. The van der Waals surface area contributed by atoms with E-state index in [0.29, 0.717) is 5.89 Å². The summed E-state index contributed by atoms with van der Waals surface area (Å²) in [6, 6.07) is 16.9. The molecule has 0 atom stereocenters. The van der Waals surface area contributed by atoms with Crippen LogP contribution in [0.3, 0.4) is 0 Å². The standard InChI is InChI=1S/C16H13N3O2/c1-11-7-5-6-10-13(11)18-19-14-16(20)21-15(17-14)12-8-3-2-4-9-12/h2-10,20H,1H3. The quantitative estimate of drug-likeness (QED) is 0.702. The van der Waals surface area contributed by atoms with Crippen molar-refractivity contribution in [1.82, 2.24) is 4.98 Å². The lowest BCUT2D eigenvalue weighted by molar-refractivity contribution is 0.338. The van der Waals surface area contributed by atoms with Crippen molar-refractivity contribution in [1.29, 1.82) is 0 Å². The lowest BCUT2D eigenvalue weighted by atomic mass is 10.2. The Labute approximate surface area is 121 Å². The monoisotopic (exact) mass is 279 g/mol. The SMILES string of the molecule is Cc1ccccc1N=Nc1nc(-c2ccccc2)oc1O. The molecule has 0 spiro atoms. The summed E-state index contributed by atoms with van der Waals surface area (Å²) in [5.74, 6) is 0.0372. The van der Waals surface area contributed by atoms with Crippen LogP contribution in [0.1, 0.15) is 5.56 Å². The average Bonchev–Trinajstić information content (AvgIpc) is 2.89. The van der Waals surface area contributed by atoms with Crippen molar-refractivity contribution in [3.05, 3.63) is 60.2 Å². The second-order valence-corrected chi connectivity index (χ2v) is 4.50. The van der Waals surface area contributed by atoms with Gasteiger partial charge in [-0.25, -0.2) is 0 Å². The van der Waals surface area contributed by atoms with E-state index in [1.165, 1.54) is 0 Å². The second kappa shape index (κ2) is 5.58. The molecule has 0 bridgehead atoms. The lowest BCUT2D eigenvalue weighted by Crippen LogP contribution is -1.75. The summed E-state index contributed by atoms with van der Waals surface area (Å²) < 4.78 is 5.21. The van der Waals surface area contributed by atoms with E-state index in [0.717, 1.165) is 16.8 Å². The summed E-state index contributed by atoms with van der Waals surface area (Å²) in [5, 5.41) is 17.8. The van der Waals surface area contributed by atoms with Crippen molar-refractivity contribution in [2.75, 3.05) is 0 Å². The number of hydrogen-bond donors (Lipinski definition) is 1. The Kier molecular flexibility index (Phi) is 3.47. The fourth-order valence-corrected chi connectivity index (χ4v) is 1.85. The van der Waals surface area contributed by atoms with Gasteiger partial charge in [0.2, 0.25) is 5.89 Å². The maximum Gasteiger partial charge on any atom is 0.332 e. The molecule has 0 aliphatic carbocycles. The minimum Gasteiger partial charge on any atom is -0.478 e. The molecule has 1 heterocycles. The fraction of sp³-hybridized carbons (Fsp3) is 0.0625. The Morgan fingerprint density at radius 1 is 0.952 bits per heavy atom. The predicted octanol–water partition coefficient (Wildman–Crippen LogP) is 4.77. The molecular formula is C16H13N3O2. The van der Waals surface area contributed by atoms with Crippen LogP contribution in [0, 0.1) is 6.92 Å². The Hall–Kier alpha value is -2.95. The number of rotatable bonds is 3. The number of hydrogen-bond acceptors (Lipinski definition) is 5. The average molecular weight is 279 g/mol. The summed E-state index contributed by atoms with van der Waals surface area (Å²) in [7, 11) is 0. The number of aryl methyl sites for hydroxylation is 1. The smallest absolute Gasteiger partial charge is 0.332 e. The molecule has 21 heavy (non-hydrogen) atoms. The molecule has 0 saturated carbocycles. The van der Waals surface area contributed by atoms with Crippen LogP contribution in [0.15, 0.2) is 69.2 Å². The van der Waals surface area contributed by atoms with Crippen LogP contribution >= 0.6 is 0 Å². The van der Waals surface area contributed by atoms with Crippen molar-refractivity contribution < 1.29 is 9.52 Å². The molecule has 0 aliphatic rings. The summed E-state index contributed by atoms with van der Waals surface area (Å²) in [4.78, 5) is 4.15. The van der Waals surface area contributed by atoms with Gasteiger partial charge in [-0.05, 0) is 30.7 Å². The Balaban J connectivity index is 1.91. The highest BCUT2D eigenvalue weighted by molar-refractivity contribution is 5.57. The third kappa shape index (κ3) is 2.81. The van der Waals surface area contributed by atoms with Gasteiger partial charge in [0, 0.05) is 5.56 Å². The molecule has 0 aliphatic heterocycles. The highest BCUT2D eigenvalue weighted by Crippen LogP contribution is 2.33. The van der Waals surface area contributed by atoms with Crippen LogP contribution < -0.4 is 0 Å². The van der Waals surface area contributed by atoms with Gasteiger partial charge in [-0.15, -0.1) is 10.2 Å². The van der Waals surface area contributed by atoms with Crippen molar-refractivity contribution >= 4 is 11.5 Å². The molecule has 5 heteroatoms. The van der Waals surface area contributed by atoms with Crippen molar-refractivity contribution in [2.45, 2.75) is 6.92 Å². The summed E-state index contributed by atoms with van der Waals surface area (Å²) >= 11 is 0. The molecule has 3 rings (SSSR count). The lowest BCUT2D eigenvalue weighted by Gasteiger charge is -1.95. The second-order valence-electron chi connectivity index (χ2n) is 4.50. The summed E-state index contributed by atoms with van der Waals surface area (Å²) in [6.45, 7) is 1.94. The van der Waals surface area contributed by atoms with Gasteiger partial charge in [-0.3, -0.25) is 0 Å². The van der Waals surface area contributed by atoms with Crippen molar-refractivity contribution in [2.24, 2.45) is 10.2 Å². The normalized spacial score (nSPS) is 11.1. The third-order valence-electron chi connectivity index (χ3n) is 2.98. The van der Waals surface area contributed by atoms with E-state index in [1.807, 2.05) is 61.5 Å². The van der Waals surface area contributed by atoms with Gasteiger partial charge < -0.3 is 9.52 Å². The first kappa shape index (κ1) is 13.1. The van der Waals surface area contributed by atoms with Gasteiger partial charge in [-0.1, -0.05) is 36.4 Å². The third-order valence-corrected chi connectivity index (χ3v) is 2.98. The number of benzene rings is 2. The van der Waals surface area contributed by atoms with E-state index in [9.17, 15) is 5.11 Å². The van der Waals surface area contributed by atoms with E-state index < -0.39 is 0 Å². The van der Waals surface area contributed by atoms with Crippen molar-refractivity contribution in [3.63, 3.8) is 0 Å². The van der Waals surface area contributed by atoms with Gasteiger partial charge in [0.25, 0.3) is 5.82 Å². The molecule has 0 fully saturated rings. The summed E-state index contributed by atoms with van der Waals surface area (Å²) in [5.41, 5.74) is 2.49. The summed E-state index contributed by atoms with van der Waals surface area (Å²) in [6.07, 6.45) is 0. The minimum absolute atomic E-state index is 0.0668. The number of nitrogens with zero attached hydrogens (tertiary/aromatic N) is 3. The Morgan fingerprint density at radius 2 is 1.67 bits per heavy atom. The molecule has 1 N–H and O–H groups in total. The fourth-order valence-electron chi connectivity index (χ4n) is 1.85. The van der Waals surface area contributed by atoms with Crippen LogP contribution in [-0.4, -0.2) is 10.1 Å². The number of azo groups is 1. The van der Waals surface area contributed by atoms with Crippen LogP contribution in [0.5, 0.6) is 5.95 Å². The molecule has 3 aromatic rings. The van der Waals surface area contributed by atoms with E-state index in [4.69, 9.17) is 4.42 Å². The van der Waals surface area contributed by atoms with Crippen LogP contribution in [0.25, 0.3) is 11.5 Å². The molecule has 2 aromatic carbocycles. The zero-order valence-corrected chi connectivity index (χ0v) is 11.4. The highest BCUT2D eigenvalue weighted by Gasteiger charge is 2.13. The topological polar surface area (TPSA) is 71.0 Å². The van der Waals surface area contributed by atoms with Gasteiger partial charge in [0.05, 0.1) is 5.69 Å². The van der Waals surface area contributed by atoms with E-state index in [-0.39, 0.29) is 11.8 Å². The number of aromatic hydroxyl groups is 1. The minimum atomic E-state index is -0.341. The van der Waals surface area contributed by atoms with Crippen LogP contribution in [0.2, 0.25) is 0 Å². The van der Waals surface area contributed by atoms with E-state index in [2.05, 4.69) is 15.2 Å². The maximum atomic E-state index is 9.76. The van der Waals surface area contributed by atoms with Gasteiger partial charge in [0.15, 0.2) is 0 Å². The predicted molar refractivity (Wildman–Crippen MR) is 79.0 cm³/mol. The molecule has 0 amide bonds. The molecule has 0 saturated heterocycles. The van der Waals surface area contributed by atoms with E-state index in [1.54, 1.807) is 0 Å². The van der Waals surface area contributed by atoms with Crippen LogP contribution in [0.4, 0.5) is 11.5 Å². The maximum absolute atomic E-state index is 9.76. The number of oxazole rings is 1. The molecule has 104 valence electrons. The van der Waals surface area contributed by atoms with Gasteiger partial charge in [-0.2, -0.15) is 4.98 Å². The Bertz CT molecular complexity index is 779.